The zero-order chi connectivity index (χ0) is 26.9. The molecule has 0 unspecified atom stereocenters. The number of hydrogen-bond donors (Lipinski definition) is 1. The van der Waals surface area contributed by atoms with Gasteiger partial charge in [0.15, 0.2) is 0 Å². The lowest BCUT2D eigenvalue weighted by molar-refractivity contribution is -0.140. The maximum Gasteiger partial charge on any atom is 0.242 e. The maximum atomic E-state index is 13.3. The molecular weight excluding hydrogens is 546 g/mol. The van der Waals surface area contributed by atoms with Crippen LogP contribution in [-0.4, -0.2) is 57.1 Å². The van der Waals surface area contributed by atoms with Gasteiger partial charge in [-0.2, -0.15) is 0 Å². The Labute approximate surface area is 223 Å². The summed E-state index contributed by atoms with van der Waals surface area (Å²) in [7, 11) is -2.06. The van der Waals surface area contributed by atoms with Gasteiger partial charge in [0.2, 0.25) is 21.8 Å². The van der Waals surface area contributed by atoms with Crippen molar-refractivity contribution in [3.05, 3.63) is 58.6 Å². The van der Waals surface area contributed by atoms with Crippen molar-refractivity contribution in [2.75, 3.05) is 24.2 Å². The molecule has 0 aliphatic rings. The number of benzene rings is 2. The Morgan fingerprint density at radius 3 is 2.36 bits per heavy atom. The molecule has 0 bridgehead atoms. The zero-order valence-corrected chi connectivity index (χ0v) is 23.9. The highest BCUT2D eigenvalue weighted by Gasteiger charge is 2.27. The van der Waals surface area contributed by atoms with Gasteiger partial charge in [-0.25, -0.2) is 8.42 Å². The largest absolute Gasteiger partial charge is 0.497 e. The summed E-state index contributed by atoms with van der Waals surface area (Å²) in [6, 6.07) is 13.7. The third-order valence-electron chi connectivity index (χ3n) is 5.93. The molecule has 0 saturated heterocycles. The molecule has 2 atom stereocenters. The van der Waals surface area contributed by atoms with E-state index in [1.165, 1.54) is 11.4 Å². The summed E-state index contributed by atoms with van der Waals surface area (Å²) in [5, 5.41) is 2.95. The Bertz CT molecular complexity index is 1120. The highest BCUT2D eigenvalue weighted by atomic mass is 79.9. The molecule has 2 rings (SSSR count). The molecule has 10 heteroatoms. The van der Waals surface area contributed by atoms with Gasteiger partial charge < -0.3 is 15.0 Å². The molecule has 0 spiro atoms. The van der Waals surface area contributed by atoms with Crippen molar-refractivity contribution in [1.29, 1.82) is 0 Å². The molecule has 198 valence electrons. The molecule has 0 saturated carbocycles. The van der Waals surface area contributed by atoms with Crippen LogP contribution in [0.15, 0.2) is 53.0 Å². The fraction of sp³-hybridized carbons (Fsp3) is 0.462. The molecule has 1 N–H and O–H groups in total. The molecule has 0 fully saturated rings. The minimum Gasteiger partial charge on any atom is -0.497 e. The number of rotatable bonds is 13. The van der Waals surface area contributed by atoms with Crippen LogP contribution in [0, 0.1) is 0 Å². The number of amides is 2. The van der Waals surface area contributed by atoms with Crippen LogP contribution in [0.4, 0.5) is 5.69 Å². The van der Waals surface area contributed by atoms with Crippen molar-refractivity contribution in [2.24, 2.45) is 0 Å². The lowest BCUT2D eigenvalue weighted by Crippen LogP contribution is -2.49. The van der Waals surface area contributed by atoms with Crippen molar-refractivity contribution in [3.8, 4) is 5.75 Å². The lowest BCUT2D eigenvalue weighted by atomic mass is 10.1. The van der Waals surface area contributed by atoms with Gasteiger partial charge in [-0.05, 0) is 56.5 Å². The van der Waals surface area contributed by atoms with E-state index in [-0.39, 0.29) is 37.4 Å². The van der Waals surface area contributed by atoms with Crippen molar-refractivity contribution in [3.63, 3.8) is 0 Å². The predicted molar refractivity (Wildman–Crippen MR) is 146 cm³/mol. The molecule has 2 aromatic rings. The highest BCUT2D eigenvalue weighted by Crippen LogP contribution is 2.24. The number of nitrogens with one attached hydrogen (secondary N) is 1. The molecule has 0 heterocycles. The standard InChI is InChI=1S/C26H36BrN3O5S/c1-6-19(2)28-26(32)20(3)29(18-21-12-14-22(27)15-13-21)25(31)11-8-16-30(36(5,33)34)23-9-7-10-24(17-23)35-4/h7,9-10,12-15,17,19-20H,6,8,11,16,18H2,1-5H3,(H,28,32)/t19-,20-/m0/s1. The van der Waals surface area contributed by atoms with Crippen molar-refractivity contribution >= 4 is 43.5 Å². The van der Waals surface area contributed by atoms with Crippen LogP contribution < -0.4 is 14.4 Å². The summed E-state index contributed by atoms with van der Waals surface area (Å²) >= 11 is 3.41. The average Bonchev–Trinajstić information content (AvgIpc) is 2.84. The van der Waals surface area contributed by atoms with E-state index in [0.717, 1.165) is 22.7 Å². The first-order chi connectivity index (χ1) is 17.0. The minimum atomic E-state index is -3.58. The molecule has 2 aromatic carbocycles. The second kappa shape index (κ2) is 13.6. The van der Waals surface area contributed by atoms with Crippen molar-refractivity contribution in [1.82, 2.24) is 10.2 Å². The SMILES string of the molecule is CC[C@H](C)NC(=O)[C@H](C)N(Cc1ccc(Br)cc1)C(=O)CCCN(c1cccc(OC)c1)S(C)(=O)=O. The number of nitrogens with zero attached hydrogens (tertiary/aromatic N) is 2. The van der Waals surface area contributed by atoms with Gasteiger partial charge in [0.1, 0.15) is 11.8 Å². The van der Waals surface area contributed by atoms with Crippen LogP contribution in [0.5, 0.6) is 5.75 Å². The number of methoxy groups -OCH3 is 1. The predicted octanol–water partition coefficient (Wildman–Crippen LogP) is 4.34. The first-order valence-corrected chi connectivity index (χ1v) is 14.6. The van der Waals surface area contributed by atoms with E-state index < -0.39 is 16.1 Å². The summed E-state index contributed by atoms with van der Waals surface area (Å²) in [5.41, 5.74) is 1.36. The summed E-state index contributed by atoms with van der Waals surface area (Å²) < 4.78 is 32.3. The number of carbonyl (C=O) groups is 2. The summed E-state index contributed by atoms with van der Waals surface area (Å²) in [6.45, 7) is 6.01. The van der Waals surface area contributed by atoms with Gasteiger partial charge in [0, 0.05) is 36.1 Å². The number of carbonyl (C=O) groups excluding carboxylic acids is 2. The highest BCUT2D eigenvalue weighted by molar-refractivity contribution is 9.10. The van der Waals surface area contributed by atoms with E-state index >= 15 is 0 Å². The van der Waals surface area contributed by atoms with E-state index in [2.05, 4.69) is 21.2 Å². The average molecular weight is 583 g/mol. The van der Waals surface area contributed by atoms with Gasteiger partial charge in [-0.1, -0.05) is 41.1 Å². The number of hydrogen-bond acceptors (Lipinski definition) is 5. The summed E-state index contributed by atoms with van der Waals surface area (Å²) in [5.74, 6) is 0.104. The minimum absolute atomic E-state index is 0.00392. The zero-order valence-electron chi connectivity index (χ0n) is 21.5. The van der Waals surface area contributed by atoms with Crippen molar-refractivity contribution in [2.45, 2.75) is 58.7 Å². The van der Waals surface area contributed by atoms with E-state index in [1.54, 1.807) is 36.1 Å². The number of ether oxygens (including phenoxy) is 1. The summed E-state index contributed by atoms with van der Waals surface area (Å²) in [6.07, 6.45) is 2.30. The third-order valence-corrected chi connectivity index (χ3v) is 7.65. The molecule has 36 heavy (non-hydrogen) atoms. The second-order valence-corrected chi connectivity index (χ2v) is 11.6. The van der Waals surface area contributed by atoms with Crippen LogP contribution in [0.1, 0.15) is 45.6 Å². The van der Waals surface area contributed by atoms with Gasteiger partial charge >= 0.3 is 0 Å². The molecular formula is C26H36BrN3O5S. The van der Waals surface area contributed by atoms with E-state index in [9.17, 15) is 18.0 Å². The van der Waals surface area contributed by atoms with E-state index in [1.807, 2.05) is 38.1 Å². The smallest absolute Gasteiger partial charge is 0.242 e. The maximum absolute atomic E-state index is 13.3. The fourth-order valence-electron chi connectivity index (χ4n) is 3.60. The van der Waals surface area contributed by atoms with Crippen LogP contribution in [0.3, 0.4) is 0 Å². The van der Waals surface area contributed by atoms with Crippen LogP contribution in [-0.2, 0) is 26.2 Å². The number of anilines is 1. The van der Waals surface area contributed by atoms with Gasteiger partial charge in [0.25, 0.3) is 0 Å². The van der Waals surface area contributed by atoms with Crippen LogP contribution in [0.25, 0.3) is 0 Å². The third kappa shape index (κ3) is 8.81. The molecule has 0 aliphatic carbocycles. The Morgan fingerprint density at radius 2 is 1.78 bits per heavy atom. The quantitative estimate of drug-likeness (QED) is 0.379. The van der Waals surface area contributed by atoms with Gasteiger partial charge in [-0.3, -0.25) is 13.9 Å². The lowest BCUT2D eigenvalue weighted by Gasteiger charge is -2.30. The Balaban J connectivity index is 2.17. The molecule has 0 aromatic heterocycles. The molecule has 0 aliphatic heterocycles. The topological polar surface area (TPSA) is 96.0 Å². The molecule has 2 amide bonds. The molecule has 0 radical (unpaired) electrons. The Hall–Kier alpha value is -2.59. The van der Waals surface area contributed by atoms with Gasteiger partial charge in [0.05, 0.1) is 19.1 Å². The summed E-state index contributed by atoms with van der Waals surface area (Å²) in [4.78, 5) is 27.7. The first-order valence-electron chi connectivity index (χ1n) is 11.9. The Kier molecular flexibility index (Phi) is 11.2. The number of sulfonamides is 1. The number of halogens is 1. The monoisotopic (exact) mass is 581 g/mol. The van der Waals surface area contributed by atoms with Crippen LogP contribution >= 0.6 is 15.9 Å². The van der Waals surface area contributed by atoms with Crippen LogP contribution in [0.2, 0.25) is 0 Å². The van der Waals surface area contributed by atoms with E-state index in [4.69, 9.17) is 4.74 Å². The van der Waals surface area contributed by atoms with Gasteiger partial charge in [-0.15, -0.1) is 0 Å². The Morgan fingerprint density at radius 1 is 1.11 bits per heavy atom. The molecule has 8 nitrogen and oxygen atoms in total. The second-order valence-electron chi connectivity index (χ2n) is 8.78. The first kappa shape index (κ1) is 29.6. The van der Waals surface area contributed by atoms with Crippen molar-refractivity contribution < 1.29 is 22.7 Å². The normalized spacial score (nSPS) is 12.9. The fourth-order valence-corrected chi connectivity index (χ4v) is 4.83. The van der Waals surface area contributed by atoms with E-state index in [0.29, 0.717) is 17.9 Å².